The average molecular weight is 373 g/mol. The molecule has 0 aliphatic rings. The van der Waals surface area contributed by atoms with Crippen molar-refractivity contribution >= 4 is 23.5 Å². The normalized spacial score (nSPS) is 11.2. The van der Waals surface area contributed by atoms with E-state index < -0.39 is 5.91 Å². The van der Waals surface area contributed by atoms with Crippen LogP contribution in [0.5, 0.6) is 5.75 Å². The summed E-state index contributed by atoms with van der Waals surface area (Å²) in [6, 6.07) is 13.9. The summed E-state index contributed by atoms with van der Waals surface area (Å²) in [5.41, 5.74) is 6.81. The maximum absolute atomic E-state index is 11.9. The highest BCUT2D eigenvalue weighted by atomic mass is 16.3. The van der Waals surface area contributed by atoms with Crippen LogP contribution in [0.15, 0.2) is 76.3 Å². The quantitative estimate of drug-likeness (QED) is 0.389. The number of amides is 1. The van der Waals surface area contributed by atoms with E-state index in [1.807, 2.05) is 32.0 Å². The summed E-state index contributed by atoms with van der Waals surface area (Å²) in [5.74, 6) is -0.376. The molecule has 2 aromatic carbocycles. The van der Waals surface area contributed by atoms with Gasteiger partial charge in [0.25, 0.3) is 5.91 Å². The van der Waals surface area contributed by atoms with E-state index in [2.05, 4.69) is 25.7 Å². The van der Waals surface area contributed by atoms with Gasteiger partial charge in [0.05, 0.1) is 23.2 Å². The van der Waals surface area contributed by atoms with Crippen molar-refractivity contribution in [3.8, 4) is 5.75 Å². The molecule has 3 rings (SSSR count). The first-order chi connectivity index (χ1) is 13.5. The molecule has 1 aromatic heterocycles. The number of carbonyl (C=O) groups is 1. The highest BCUT2D eigenvalue weighted by molar-refractivity contribution is 5.94. The lowest BCUT2D eigenvalue weighted by atomic mass is 10.1. The lowest BCUT2D eigenvalue weighted by Gasteiger charge is -2.02. The molecule has 1 amide bonds. The Morgan fingerprint density at radius 3 is 2.50 bits per heavy atom. The first-order valence-corrected chi connectivity index (χ1v) is 8.58. The molecule has 0 atom stereocenters. The van der Waals surface area contributed by atoms with Crippen molar-refractivity contribution in [3.63, 3.8) is 0 Å². The second kappa shape index (κ2) is 8.68. The number of aromatic nitrogens is 1. The Morgan fingerprint density at radius 2 is 1.79 bits per heavy atom. The summed E-state index contributed by atoms with van der Waals surface area (Å²) in [6.45, 7) is 4.05. The van der Waals surface area contributed by atoms with Crippen LogP contribution >= 0.6 is 0 Å². The van der Waals surface area contributed by atoms with E-state index in [0.29, 0.717) is 16.8 Å². The molecule has 3 aromatic rings. The van der Waals surface area contributed by atoms with Crippen molar-refractivity contribution < 1.29 is 9.90 Å². The van der Waals surface area contributed by atoms with Crippen LogP contribution in [0.4, 0.5) is 11.4 Å². The van der Waals surface area contributed by atoms with Gasteiger partial charge in [0, 0.05) is 18.0 Å². The molecule has 7 nitrogen and oxygen atoms in total. The van der Waals surface area contributed by atoms with Crippen LogP contribution in [0.25, 0.3) is 0 Å². The van der Waals surface area contributed by atoms with Crippen LogP contribution in [0.1, 0.15) is 27.0 Å². The zero-order valence-electron chi connectivity index (χ0n) is 15.5. The number of aryl methyl sites for hydroxylation is 2. The lowest BCUT2D eigenvalue weighted by Crippen LogP contribution is -2.17. The fourth-order valence-electron chi connectivity index (χ4n) is 2.33. The number of azo groups is 1. The zero-order valence-corrected chi connectivity index (χ0v) is 15.5. The predicted molar refractivity (Wildman–Crippen MR) is 107 cm³/mol. The summed E-state index contributed by atoms with van der Waals surface area (Å²) < 4.78 is 0. The van der Waals surface area contributed by atoms with E-state index >= 15 is 0 Å². The number of hydrogen-bond donors (Lipinski definition) is 2. The number of phenols is 1. The number of benzene rings is 2. The zero-order chi connectivity index (χ0) is 19.9. The van der Waals surface area contributed by atoms with Crippen molar-refractivity contribution in [2.24, 2.45) is 15.3 Å². The third kappa shape index (κ3) is 4.85. The molecule has 0 aliphatic carbocycles. The van der Waals surface area contributed by atoms with Gasteiger partial charge in [-0.2, -0.15) is 15.3 Å². The van der Waals surface area contributed by atoms with Crippen LogP contribution in [0, 0.1) is 13.8 Å². The standard InChI is InChI=1S/C21H19N5O2/c1-14-5-6-18(10-15(14)2)24-25-19-7-8-20(27)17(11-19)13-23-26-21(28)16-4-3-9-22-12-16/h3-13,27H,1-2H3,(H,26,28). The van der Waals surface area contributed by atoms with Gasteiger partial charge in [0.15, 0.2) is 0 Å². The first-order valence-electron chi connectivity index (χ1n) is 8.58. The molecule has 0 saturated heterocycles. The summed E-state index contributed by atoms with van der Waals surface area (Å²) in [7, 11) is 0. The van der Waals surface area contributed by atoms with Gasteiger partial charge in [0.2, 0.25) is 0 Å². The van der Waals surface area contributed by atoms with Crippen LogP contribution in [0.3, 0.4) is 0 Å². The van der Waals surface area contributed by atoms with Crippen LogP contribution in [-0.4, -0.2) is 22.2 Å². The van der Waals surface area contributed by atoms with Crippen molar-refractivity contribution in [3.05, 3.63) is 83.2 Å². The number of hydrogen-bond acceptors (Lipinski definition) is 6. The Bertz CT molecular complexity index is 1050. The number of carbonyl (C=O) groups excluding carboxylic acids is 1. The Kier molecular flexibility index (Phi) is 5.86. The van der Waals surface area contributed by atoms with Gasteiger partial charge in [0.1, 0.15) is 5.75 Å². The number of pyridine rings is 1. The van der Waals surface area contributed by atoms with Gasteiger partial charge in [-0.15, -0.1) is 0 Å². The van der Waals surface area contributed by atoms with Gasteiger partial charge >= 0.3 is 0 Å². The third-order valence-electron chi connectivity index (χ3n) is 4.08. The third-order valence-corrected chi connectivity index (χ3v) is 4.08. The second-order valence-corrected chi connectivity index (χ2v) is 6.15. The highest BCUT2D eigenvalue weighted by Crippen LogP contribution is 2.25. The van der Waals surface area contributed by atoms with Gasteiger partial charge in [-0.25, -0.2) is 5.43 Å². The predicted octanol–water partition coefficient (Wildman–Crippen LogP) is 4.58. The van der Waals surface area contributed by atoms with E-state index in [1.54, 1.807) is 30.5 Å². The van der Waals surface area contributed by atoms with Gasteiger partial charge in [-0.05, 0) is 67.4 Å². The minimum Gasteiger partial charge on any atom is -0.507 e. The molecule has 2 N–H and O–H groups in total. The minimum atomic E-state index is -0.394. The number of nitrogens with one attached hydrogen (secondary N) is 1. The van der Waals surface area contributed by atoms with Gasteiger partial charge < -0.3 is 5.11 Å². The molecule has 0 radical (unpaired) electrons. The maximum Gasteiger partial charge on any atom is 0.272 e. The largest absolute Gasteiger partial charge is 0.507 e. The molecule has 0 saturated carbocycles. The van der Waals surface area contributed by atoms with E-state index in [9.17, 15) is 9.90 Å². The Hall–Kier alpha value is -3.87. The highest BCUT2D eigenvalue weighted by Gasteiger charge is 2.04. The lowest BCUT2D eigenvalue weighted by molar-refractivity contribution is 0.0954. The molecule has 7 heteroatoms. The summed E-state index contributed by atoms with van der Waals surface area (Å²) >= 11 is 0. The molecule has 0 aliphatic heterocycles. The van der Waals surface area contributed by atoms with Crippen molar-refractivity contribution in [1.29, 1.82) is 0 Å². The molecule has 0 spiro atoms. The monoisotopic (exact) mass is 373 g/mol. The van der Waals surface area contributed by atoms with Crippen molar-refractivity contribution in [1.82, 2.24) is 10.4 Å². The molecule has 28 heavy (non-hydrogen) atoms. The van der Waals surface area contributed by atoms with E-state index in [4.69, 9.17) is 0 Å². The summed E-state index contributed by atoms with van der Waals surface area (Å²) in [6.07, 6.45) is 4.37. The molecule has 0 bridgehead atoms. The number of aromatic hydroxyl groups is 1. The van der Waals surface area contributed by atoms with E-state index in [0.717, 1.165) is 11.3 Å². The Morgan fingerprint density at radius 1 is 1.04 bits per heavy atom. The summed E-state index contributed by atoms with van der Waals surface area (Å²) in [4.78, 5) is 15.8. The fourth-order valence-corrected chi connectivity index (χ4v) is 2.33. The van der Waals surface area contributed by atoms with Gasteiger partial charge in [-0.1, -0.05) is 6.07 Å². The Balaban J connectivity index is 1.71. The molecular weight excluding hydrogens is 354 g/mol. The second-order valence-electron chi connectivity index (χ2n) is 6.15. The van der Waals surface area contributed by atoms with E-state index in [1.165, 1.54) is 24.0 Å². The van der Waals surface area contributed by atoms with Crippen LogP contribution in [-0.2, 0) is 0 Å². The first kappa shape index (κ1) is 18.9. The molecule has 1 heterocycles. The number of nitrogens with zero attached hydrogens (tertiary/aromatic N) is 4. The number of hydrazone groups is 1. The molecule has 0 unspecified atom stereocenters. The molecular formula is C21H19N5O2. The SMILES string of the molecule is Cc1ccc(N=Nc2ccc(O)c(C=NNC(=O)c3cccnc3)c2)cc1C. The van der Waals surface area contributed by atoms with Crippen molar-refractivity contribution in [2.75, 3.05) is 0 Å². The summed E-state index contributed by atoms with van der Waals surface area (Å²) in [5, 5.41) is 22.3. The number of rotatable bonds is 5. The van der Waals surface area contributed by atoms with Crippen LogP contribution < -0.4 is 5.43 Å². The average Bonchev–Trinajstić information content (AvgIpc) is 2.71. The minimum absolute atomic E-state index is 0.0181. The topological polar surface area (TPSA) is 99.3 Å². The fraction of sp³-hybridized carbons (Fsp3) is 0.0952. The molecule has 140 valence electrons. The van der Waals surface area contributed by atoms with Crippen molar-refractivity contribution in [2.45, 2.75) is 13.8 Å². The molecule has 0 fully saturated rings. The van der Waals surface area contributed by atoms with Gasteiger partial charge in [-0.3, -0.25) is 9.78 Å². The Labute approximate surface area is 162 Å². The maximum atomic E-state index is 11.9. The van der Waals surface area contributed by atoms with Crippen LogP contribution in [0.2, 0.25) is 0 Å². The smallest absolute Gasteiger partial charge is 0.272 e. The van der Waals surface area contributed by atoms with E-state index in [-0.39, 0.29) is 5.75 Å². The number of phenolic OH excluding ortho intramolecular Hbond substituents is 1.